The number of nitrogens with one attached hydrogen (secondary N) is 4. The standard InChI is InChI=1S/C34H53N5O7/c1-11-15-23(26(41)29(43)35-19-25(40)36-21(2)22-16-13-12-14-17-22)37-28(42)24-18-34(9,10)20-39(24)30(44)27(32(3,4)5)38-31(45)46-33(6,7)8/h12-14,16-17,21,23-24,27H,11,15,18-20H2,1-10H3,(H,35,43)(H,36,40)(H,37,42)(H,38,45). The summed E-state index contributed by atoms with van der Waals surface area (Å²) in [5, 5.41) is 10.5. The highest BCUT2D eigenvalue weighted by Crippen LogP contribution is 2.36. The van der Waals surface area contributed by atoms with E-state index in [0.29, 0.717) is 12.8 Å². The lowest BCUT2D eigenvalue weighted by Gasteiger charge is -2.36. The smallest absolute Gasteiger partial charge is 0.408 e. The topological polar surface area (TPSA) is 163 Å². The summed E-state index contributed by atoms with van der Waals surface area (Å²) in [5.74, 6) is -3.36. The maximum atomic E-state index is 14.0. The molecule has 12 nitrogen and oxygen atoms in total. The van der Waals surface area contributed by atoms with E-state index in [4.69, 9.17) is 4.74 Å². The predicted molar refractivity (Wildman–Crippen MR) is 174 cm³/mol. The van der Waals surface area contributed by atoms with Gasteiger partial charge in [0.1, 0.15) is 17.7 Å². The summed E-state index contributed by atoms with van der Waals surface area (Å²) in [6.07, 6.45) is 0.240. The number of carbonyl (C=O) groups excluding carboxylic acids is 6. The van der Waals surface area contributed by atoms with E-state index in [9.17, 15) is 28.8 Å². The minimum absolute atomic E-state index is 0.185. The van der Waals surface area contributed by atoms with Crippen LogP contribution in [0.1, 0.15) is 100 Å². The summed E-state index contributed by atoms with van der Waals surface area (Å²) in [5.41, 5.74) is -1.03. The fourth-order valence-corrected chi connectivity index (χ4v) is 5.32. The summed E-state index contributed by atoms with van der Waals surface area (Å²) in [6.45, 7) is 17.9. The molecule has 1 aliphatic rings. The molecule has 5 amide bonds. The van der Waals surface area contributed by atoms with Gasteiger partial charge >= 0.3 is 6.09 Å². The van der Waals surface area contributed by atoms with Crippen molar-refractivity contribution in [1.29, 1.82) is 0 Å². The van der Waals surface area contributed by atoms with E-state index in [1.54, 1.807) is 41.5 Å². The minimum atomic E-state index is -1.15. The van der Waals surface area contributed by atoms with Crippen molar-refractivity contribution in [3.05, 3.63) is 35.9 Å². The lowest BCUT2D eigenvalue weighted by atomic mass is 9.85. The Morgan fingerprint density at radius 2 is 1.57 bits per heavy atom. The van der Waals surface area contributed by atoms with E-state index in [1.165, 1.54) is 4.90 Å². The van der Waals surface area contributed by atoms with Crippen molar-refractivity contribution >= 4 is 35.5 Å². The summed E-state index contributed by atoms with van der Waals surface area (Å²) in [6, 6.07) is 5.92. The van der Waals surface area contributed by atoms with Gasteiger partial charge in [0.25, 0.3) is 5.91 Å². The zero-order chi connectivity index (χ0) is 35.0. The summed E-state index contributed by atoms with van der Waals surface area (Å²) >= 11 is 0. The van der Waals surface area contributed by atoms with E-state index in [0.717, 1.165) is 5.56 Å². The molecule has 0 radical (unpaired) electrons. The zero-order valence-corrected chi connectivity index (χ0v) is 29.0. The molecule has 1 heterocycles. The van der Waals surface area contributed by atoms with Crippen LogP contribution in [0.15, 0.2) is 30.3 Å². The number of ether oxygens (including phenoxy) is 1. The average molecular weight is 644 g/mol. The van der Waals surface area contributed by atoms with Gasteiger partial charge in [-0.15, -0.1) is 0 Å². The molecule has 2 rings (SSSR count). The Bertz CT molecular complexity index is 1270. The second kappa shape index (κ2) is 15.6. The molecule has 4 atom stereocenters. The lowest BCUT2D eigenvalue weighted by molar-refractivity contribution is -0.144. The molecule has 0 aromatic heterocycles. The zero-order valence-electron chi connectivity index (χ0n) is 29.0. The molecular formula is C34H53N5O7. The van der Waals surface area contributed by atoms with Gasteiger partial charge in [-0.05, 0) is 56.9 Å². The number of carbonyl (C=O) groups is 6. The molecule has 1 aromatic rings. The van der Waals surface area contributed by atoms with Crippen molar-refractivity contribution in [2.75, 3.05) is 13.1 Å². The lowest BCUT2D eigenvalue weighted by Crippen LogP contribution is -2.59. The number of hydrogen-bond donors (Lipinski definition) is 4. The first-order valence-corrected chi connectivity index (χ1v) is 15.9. The summed E-state index contributed by atoms with van der Waals surface area (Å²) in [7, 11) is 0. The van der Waals surface area contributed by atoms with Gasteiger partial charge < -0.3 is 30.9 Å². The molecule has 0 spiro atoms. The fraction of sp³-hybridized carbons (Fsp3) is 0.647. The van der Waals surface area contributed by atoms with Crippen LogP contribution in [0.25, 0.3) is 0 Å². The number of rotatable bonds is 12. The van der Waals surface area contributed by atoms with Crippen molar-refractivity contribution in [3.8, 4) is 0 Å². The highest BCUT2D eigenvalue weighted by Gasteiger charge is 2.48. The summed E-state index contributed by atoms with van der Waals surface area (Å²) in [4.78, 5) is 80.2. The van der Waals surface area contributed by atoms with Crippen LogP contribution in [0.2, 0.25) is 0 Å². The number of benzene rings is 1. The van der Waals surface area contributed by atoms with Gasteiger partial charge in [0.2, 0.25) is 23.5 Å². The van der Waals surface area contributed by atoms with E-state index in [1.807, 2.05) is 58.0 Å². The number of likely N-dealkylation sites (tertiary alicyclic amines) is 1. The molecular weight excluding hydrogens is 590 g/mol. The number of Topliss-reactive ketones (excluding diaryl/α,β-unsaturated/α-hetero) is 1. The second-order valence-corrected chi connectivity index (χ2v) is 14.9. The normalized spacial score (nSPS) is 18.0. The Balaban J connectivity index is 2.14. The first-order chi connectivity index (χ1) is 21.1. The minimum Gasteiger partial charge on any atom is -0.444 e. The Labute approximate surface area is 273 Å². The third kappa shape index (κ3) is 11.4. The molecule has 1 aromatic carbocycles. The maximum absolute atomic E-state index is 14.0. The molecule has 4 unspecified atom stereocenters. The van der Waals surface area contributed by atoms with E-state index < -0.39 is 76.6 Å². The van der Waals surface area contributed by atoms with Crippen LogP contribution in [-0.2, 0) is 28.7 Å². The van der Waals surface area contributed by atoms with Crippen LogP contribution >= 0.6 is 0 Å². The highest BCUT2D eigenvalue weighted by atomic mass is 16.6. The van der Waals surface area contributed by atoms with Gasteiger partial charge in [-0.25, -0.2) is 4.79 Å². The first-order valence-electron chi connectivity index (χ1n) is 15.9. The van der Waals surface area contributed by atoms with Crippen LogP contribution in [-0.4, -0.2) is 77.2 Å². The Hall–Kier alpha value is -3.96. The van der Waals surface area contributed by atoms with Gasteiger partial charge in [0.15, 0.2) is 0 Å². The van der Waals surface area contributed by atoms with Gasteiger partial charge in [-0.2, -0.15) is 0 Å². The molecule has 256 valence electrons. The van der Waals surface area contributed by atoms with Crippen molar-refractivity contribution < 1.29 is 33.5 Å². The van der Waals surface area contributed by atoms with Crippen LogP contribution < -0.4 is 21.3 Å². The van der Waals surface area contributed by atoms with Gasteiger partial charge in [-0.3, -0.25) is 24.0 Å². The fourth-order valence-electron chi connectivity index (χ4n) is 5.32. The predicted octanol–water partition coefficient (Wildman–Crippen LogP) is 3.40. The molecule has 0 aliphatic carbocycles. The molecule has 0 bridgehead atoms. The van der Waals surface area contributed by atoms with Crippen LogP contribution in [0.3, 0.4) is 0 Å². The van der Waals surface area contributed by atoms with E-state index >= 15 is 0 Å². The van der Waals surface area contributed by atoms with E-state index in [-0.39, 0.29) is 19.0 Å². The van der Waals surface area contributed by atoms with Crippen LogP contribution in [0.5, 0.6) is 0 Å². The van der Waals surface area contributed by atoms with Crippen molar-refractivity contribution in [2.45, 2.75) is 118 Å². The van der Waals surface area contributed by atoms with Crippen molar-refractivity contribution in [2.24, 2.45) is 10.8 Å². The molecule has 1 aliphatic heterocycles. The maximum Gasteiger partial charge on any atom is 0.408 e. The number of amides is 5. The second-order valence-electron chi connectivity index (χ2n) is 14.9. The van der Waals surface area contributed by atoms with Crippen molar-refractivity contribution in [1.82, 2.24) is 26.2 Å². The molecule has 1 saturated heterocycles. The Morgan fingerprint density at radius 1 is 0.957 bits per heavy atom. The SMILES string of the molecule is CCCC(NC(=O)C1CC(C)(C)CN1C(=O)C(NC(=O)OC(C)(C)C)C(C)(C)C)C(=O)C(=O)NCC(=O)NC(C)c1ccccc1. The summed E-state index contributed by atoms with van der Waals surface area (Å²) < 4.78 is 5.39. The first kappa shape index (κ1) is 38.2. The molecule has 46 heavy (non-hydrogen) atoms. The van der Waals surface area contributed by atoms with Crippen LogP contribution in [0.4, 0.5) is 4.79 Å². The number of alkyl carbamates (subject to hydrolysis) is 1. The van der Waals surface area contributed by atoms with Crippen LogP contribution in [0, 0.1) is 10.8 Å². The monoisotopic (exact) mass is 643 g/mol. The van der Waals surface area contributed by atoms with Gasteiger partial charge in [-0.1, -0.05) is 78.3 Å². The Kier molecular flexibility index (Phi) is 12.9. The Morgan fingerprint density at radius 3 is 2.11 bits per heavy atom. The third-order valence-electron chi connectivity index (χ3n) is 7.60. The largest absolute Gasteiger partial charge is 0.444 e. The highest BCUT2D eigenvalue weighted by molar-refractivity contribution is 6.38. The third-order valence-corrected chi connectivity index (χ3v) is 7.60. The quantitative estimate of drug-likeness (QED) is 0.254. The van der Waals surface area contributed by atoms with Gasteiger partial charge in [0.05, 0.1) is 18.6 Å². The average Bonchev–Trinajstić information content (AvgIpc) is 3.28. The number of nitrogens with zero attached hydrogens (tertiary/aromatic N) is 1. The number of ketones is 1. The molecule has 1 fully saturated rings. The molecule has 4 N–H and O–H groups in total. The number of hydrogen-bond acceptors (Lipinski definition) is 7. The molecule has 12 heteroatoms. The van der Waals surface area contributed by atoms with Gasteiger partial charge in [0, 0.05) is 6.54 Å². The van der Waals surface area contributed by atoms with E-state index in [2.05, 4.69) is 21.3 Å². The van der Waals surface area contributed by atoms with Crippen molar-refractivity contribution in [3.63, 3.8) is 0 Å². The molecule has 0 saturated carbocycles.